The summed E-state index contributed by atoms with van der Waals surface area (Å²) in [7, 11) is -3.73. The standard InChI is InChI=1S/C15H26N2O3S/c1-12(2)6-9-17(10-7-13(3)4)21(19,20)15-11-16-8-5-14(15)18/h5,8,11-13H,6-7,9-10H2,1-4H3,(H,16,18). The zero-order valence-electron chi connectivity index (χ0n) is 13.3. The minimum atomic E-state index is -3.73. The molecule has 120 valence electrons. The quantitative estimate of drug-likeness (QED) is 0.801. The van der Waals surface area contributed by atoms with Gasteiger partial charge in [-0.05, 0) is 24.7 Å². The molecule has 0 aliphatic carbocycles. The van der Waals surface area contributed by atoms with Crippen molar-refractivity contribution in [2.24, 2.45) is 11.8 Å². The number of nitrogens with one attached hydrogen (secondary N) is 1. The molecule has 6 heteroatoms. The first kappa shape index (κ1) is 17.9. The van der Waals surface area contributed by atoms with Gasteiger partial charge in [0.1, 0.15) is 4.90 Å². The third-order valence-electron chi connectivity index (χ3n) is 3.32. The summed E-state index contributed by atoms with van der Waals surface area (Å²) in [6.07, 6.45) is 4.27. The average molecular weight is 314 g/mol. The lowest BCUT2D eigenvalue weighted by molar-refractivity contribution is 0.356. The lowest BCUT2D eigenvalue weighted by Gasteiger charge is -2.23. The SMILES string of the molecule is CC(C)CCN(CCC(C)C)S(=O)(=O)c1c[nH]ccc1=O. The molecule has 0 amide bonds. The lowest BCUT2D eigenvalue weighted by atomic mass is 10.1. The molecule has 0 bridgehead atoms. The van der Waals surface area contributed by atoms with Crippen LogP contribution in [0, 0.1) is 11.8 Å². The summed E-state index contributed by atoms with van der Waals surface area (Å²) in [6.45, 7) is 9.12. The number of nitrogens with zero attached hydrogens (tertiary/aromatic N) is 1. The van der Waals surface area contributed by atoms with E-state index in [1.54, 1.807) is 0 Å². The van der Waals surface area contributed by atoms with E-state index in [1.807, 2.05) is 0 Å². The molecule has 1 aromatic heterocycles. The van der Waals surface area contributed by atoms with Gasteiger partial charge in [0.25, 0.3) is 0 Å². The van der Waals surface area contributed by atoms with Crippen molar-refractivity contribution in [3.63, 3.8) is 0 Å². The fourth-order valence-electron chi connectivity index (χ4n) is 1.90. The van der Waals surface area contributed by atoms with E-state index in [0.717, 1.165) is 12.8 Å². The summed E-state index contributed by atoms with van der Waals surface area (Å²) in [5.41, 5.74) is -0.465. The van der Waals surface area contributed by atoms with E-state index in [1.165, 1.54) is 22.8 Å². The topological polar surface area (TPSA) is 70.2 Å². The van der Waals surface area contributed by atoms with Crippen LogP contribution in [-0.4, -0.2) is 30.8 Å². The Labute approximate surface area is 127 Å². The summed E-state index contributed by atoms with van der Waals surface area (Å²) in [6, 6.07) is 1.25. The zero-order valence-corrected chi connectivity index (χ0v) is 14.1. The van der Waals surface area contributed by atoms with Gasteiger partial charge in [0.15, 0.2) is 0 Å². The van der Waals surface area contributed by atoms with E-state index in [4.69, 9.17) is 0 Å². The molecule has 0 atom stereocenters. The first-order chi connectivity index (χ1) is 9.75. The number of pyridine rings is 1. The van der Waals surface area contributed by atoms with E-state index < -0.39 is 15.5 Å². The Morgan fingerprint density at radius 3 is 2.05 bits per heavy atom. The Balaban J connectivity index is 3.04. The second-order valence-electron chi connectivity index (χ2n) is 6.14. The van der Waals surface area contributed by atoms with Crippen LogP contribution in [0.4, 0.5) is 0 Å². The van der Waals surface area contributed by atoms with Gasteiger partial charge in [-0.1, -0.05) is 27.7 Å². The maximum atomic E-state index is 12.7. The van der Waals surface area contributed by atoms with E-state index in [2.05, 4.69) is 32.7 Å². The fraction of sp³-hybridized carbons (Fsp3) is 0.667. The highest BCUT2D eigenvalue weighted by atomic mass is 32.2. The Kier molecular flexibility index (Phi) is 6.61. The van der Waals surface area contributed by atoms with Gasteiger partial charge in [-0.15, -0.1) is 0 Å². The zero-order chi connectivity index (χ0) is 16.0. The van der Waals surface area contributed by atoms with Crippen LogP contribution < -0.4 is 5.43 Å². The predicted molar refractivity (Wildman–Crippen MR) is 84.7 cm³/mol. The van der Waals surface area contributed by atoms with Crippen molar-refractivity contribution in [2.45, 2.75) is 45.4 Å². The highest BCUT2D eigenvalue weighted by Crippen LogP contribution is 2.15. The van der Waals surface area contributed by atoms with Crippen LogP contribution in [0.25, 0.3) is 0 Å². The summed E-state index contributed by atoms with van der Waals surface area (Å²) in [4.78, 5) is 14.3. The van der Waals surface area contributed by atoms with E-state index in [0.29, 0.717) is 24.9 Å². The third kappa shape index (κ3) is 5.28. The summed E-state index contributed by atoms with van der Waals surface area (Å²) < 4.78 is 26.8. The van der Waals surface area contributed by atoms with Crippen LogP contribution in [0.2, 0.25) is 0 Å². The van der Waals surface area contributed by atoms with Gasteiger partial charge in [0, 0.05) is 31.5 Å². The van der Waals surface area contributed by atoms with Gasteiger partial charge >= 0.3 is 0 Å². The van der Waals surface area contributed by atoms with Crippen molar-refractivity contribution in [2.75, 3.05) is 13.1 Å². The van der Waals surface area contributed by atoms with Gasteiger partial charge in [-0.3, -0.25) is 4.79 Å². The van der Waals surface area contributed by atoms with Crippen molar-refractivity contribution < 1.29 is 8.42 Å². The number of hydrogen-bond acceptors (Lipinski definition) is 3. The predicted octanol–water partition coefficient (Wildman–Crippen LogP) is 2.46. The molecule has 0 saturated heterocycles. The van der Waals surface area contributed by atoms with Gasteiger partial charge in [0.05, 0.1) is 0 Å². The molecule has 0 saturated carbocycles. The van der Waals surface area contributed by atoms with Gasteiger partial charge in [-0.25, -0.2) is 8.42 Å². The lowest BCUT2D eigenvalue weighted by Crippen LogP contribution is -2.36. The summed E-state index contributed by atoms with van der Waals surface area (Å²) in [5.74, 6) is 0.826. The molecular weight excluding hydrogens is 288 g/mol. The molecule has 0 aliphatic heterocycles. The van der Waals surface area contributed by atoms with Crippen molar-refractivity contribution in [1.82, 2.24) is 9.29 Å². The molecule has 0 fully saturated rings. The summed E-state index contributed by atoms with van der Waals surface area (Å²) in [5, 5.41) is 0. The first-order valence-corrected chi connectivity index (χ1v) is 8.86. The molecule has 1 N–H and O–H groups in total. The molecular formula is C15H26N2O3S. The number of hydrogen-bond donors (Lipinski definition) is 1. The fourth-order valence-corrected chi connectivity index (χ4v) is 3.41. The molecule has 1 rings (SSSR count). The van der Waals surface area contributed by atoms with Crippen LogP contribution >= 0.6 is 0 Å². The van der Waals surface area contributed by atoms with Gasteiger partial charge < -0.3 is 4.98 Å². The Morgan fingerprint density at radius 1 is 1.10 bits per heavy atom. The number of H-pyrrole nitrogens is 1. The maximum Gasteiger partial charge on any atom is 0.248 e. The molecule has 21 heavy (non-hydrogen) atoms. The second-order valence-corrected chi connectivity index (χ2v) is 8.05. The second kappa shape index (κ2) is 7.75. The van der Waals surface area contributed by atoms with E-state index in [9.17, 15) is 13.2 Å². The molecule has 0 radical (unpaired) electrons. The summed E-state index contributed by atoms with van der Waals surface area (Å²) >= 11 is 0. The number of aromatic nitrogens is 1. The number of sulfonamides is 1. The van der Waals surface area contributed by atoms with Crippen molar-refractivity contribution in [3.05, 3.63) is 28.7 Å². The van der Waals surface area contributed by atoms with Crippen LogP contribution in [0.15, 0.2) is 28.2 Å². The van der Waals surface area contributed by atoms with Crippen molar-refractivity contribution in [3.8, 4) is 0 Å². The smallest absolute Gasteiger partial charge is 0.248 e. The first-order valence-electron chi connectivity index (χ1n) is 7.42. The van der Waals surface area contributed by atoms with E-state index >= 15 is 0 Å². The van der Waals surface area contributed by atoms with Crippen LogP contribution in [-0.2, 0) is 10.0 Å². The molecule has 0 spiro atoms. The third-order valence-corrected chi connectivity index (χ3v) is 5.24. The van der Waals surface area contributed by atoms with Gasteiger partial charge in [-0.2, -0.15) is 4.31 Å². The number of aromatic amines is 1. The molecule has 5 nitrogen and oxygen atoms in total. The highest BCUT2D eigenvalue weighted by Gasteiger charge is 2.26. The maximum absolute atomic E-state index is 12.7. The molecule has 0 aliphatic rings. The molecule has 1 heterocycles. The van der Waals surface area contributed by atoms with Gasteiger partial charge in [0.2, 0.25) is 15.5 Å². The van der Waals surface area contributed by atoms with Crippen LogP contribution in [0.1, 0.15) is 40.5 Å². The van der Waals surface area contributed by atoms with Crippen molar-refractivity contribution in [1.29, 1.82) is 0 Å². The molecule has 0 unspecified atom stereocenters. The highest BCUT2D eigenvalue weighted by molar-refractivity contribution is 7.89. The average Bonchev–Trinajstić information content (AvgIpc) is 2.37. The Bertz CT molecular complexity index is 579. The molecule has 1 aromatic rings. The monoisotopic (exact) mass is 314 g/mol. The minimum absolute atomic E-state index is 0.169. The normalized spacial score (nSPS) is 12.5. The Hall–Kier alpha value is -1.14. The molecule has 0 aromatic carbocycles. The van der Waals surface area contributed by atoms with Crippen LogP contribution in [0.3, 0.4) is 0 Å². The van der Waals surface area contributed by atoms with Crippen LogP contribution in [0.5, 0.6) is 0 Å². The Morgan fingerprint density at radius 2 is 1.62 bits per heavy atom. The number of rotatable bonds is 8. The van der Waals surface area contributed by atoms with E-state index in [-0.39, 0.29) is 4.90 Å². The largest absolute Gasteiger partial charge is 0.366 e. The minimum Gasteiger partial charge on any atom is -0.366 e. The van der Waals surface area contributed by atoms with Crippen molar-refractivity contribution >= 4 is 10.0 Å².